The van der Waals surface area contributed by atoms with Crippen molar-refractivity contribution in [3.8, 4) is 17.2 Å². The van der Waals surface area contributed by atoms with Gasteiger partial charge in [-0.2, -0.15) is 0 Å². The molecule has 39 heavy (non-hydrogen) atoms. The number of phenolic OH excluding ortho intramolecular Hbond substituents is 1. The van der Waals surface area contributed by atoms with Gasteiger partial charge >= 0.3 is 0 Å². The maximum atomic E-state index is 14.5. The van der Waals surface area contributed by atoms with Gasteiger partial charge in [0.05, 0.1) is 7.11 Å². The second-order valence-corrected chi connectivity index (χ2v) is 11.1. The lowest BCUT2D eigenvalue weighted by Gasteiger charge is -2.44. The lowest BCUT2D eigenvalue weighted by molar-refractivity contribution is 0.0370. The van der Waals surface area contributed by atoms with Gasteiger partial charge in [-0.3, -0.25) is 4.79 Å². The third kappa shape index (κ3) is 5.85. The molecule has 1 amide bonds. The summed E-state index contributed by atoms with van der Waals surface area (Å²) < 4.78 is 49.4. The van der Waals surface area contributed by atoms with Gasteiger partial charge in [-0.1, -0.05) is 36.4 Å². The monoisotopic (exact) mass is 557 g/mol. The Morgan fingerprint density at radius 2 is 1.79 bits per heavy atom. The number of aromatic hydroxyl groups is 1. The number of benzene rings is 3. The first-order valence-corrected chi connectivity index (χ1v) is 14.1. The van der Waals surface area contributed by atoms with Gasteiger partial charge in [-0.05, 0) is 79.3 Å². The highest BCUT2D eigenvalue weighted by molar-refractivity contribution is 7.89. The van der Waals surface area contributed by atoms with E-state index >= 15 is 0 Å². The summed E-state index contributed by atoms with van der Waals surface area (Å²) in [5, 5.41) is 14.8. The SMILES string of the molecule is CCN(Oc1ccccc1)S(=O)(=O)C(NC(=O)c1c(O)cccc1OC)C1(c2cccc(F)c2)CCNCC1. The van der Waals surface area contributed by atoms with Crippen molar-refractivity contribution < 1.29 is 32.3 Å². The Bertz CT molecular complexity index is 1400. The molecule has 0 bridgehead atoms. The maximum absolute atomic E-state index is 14.5. The van der Waals surface area contributed by atoms with Crippen molar-refractivity contribution in [1.29, 1.82) is 0 Å². The van der Waals surface area contributed by atoms with Gasteiger partial charge in [0.25, 0.3) is 15.9 Å². The molecule has 1 fully saturated rings. The lowest BCUT2D eigenvalue weighted by Crippen LogP contribution is -2.61. The first kappa shape index (κ1) is 28.3. The molecule has 11 heteroatoms. The Hall–Kier alpha value is -3.67. The average Bonchev–Trinajstić information content (AvgIpc) is 2.95. The number of phenols is 1. The normalized spacial score (nSPS) is 15.9. The van der Waals surface area contributed by atoms with Crippen LogP contribution in [0.2, 0.25) is 0 Å². The van der Waals surface area contributed by atoms with Crippen LogP contribution in [-0.2, 0) is 15.4 Å². The molecule has 1 unspecified atom stereocenters. The van der Waals surface area contributed by atoms with Gasteiger partial charge in [0.1, 0.15) is 28.6 Å². The van der Waals surface area contributed by atoms with Crippen molar-refractivity contribution in [3.63, 3.8) is 0 Å². The van der Waals surface area contributed by atoms with Crippen LogP contribution in [0.25, 0.3) is 0 Å². The molecular formula is C28H32FN3O6S. The van der Waals surface area contributed by atoms with Gasteiger partial charge in [0, 0.05) is 12.0 Å². The van der Waals surface area contributed by atoms with Crippen LogP contribution in [0.4, 0.5) is 4.39 Å². The molecular weight excluding hydrogens is 525 g/mol. The van der Waals surface area contributed by atoms with Gasteiger partial charge in [0.15, 0.2) is 5.37 Å². The Balaban J connectivity index is 1.87. The fourth-order valence-electron chi connectivity index (χ4n) is 4.99. The smallest absolute Gasteiger partial charge is 0.266 e. The van der Waals surface area contributed by atoms with Crippen molar-refractivity contribution >= 4 is 15.9 Å². The maximum Gasteiger partial charge on any atom is 0.266 e. The Morgan fingerprint density at radius 1 is 1.10 bits per heavy atom. The molecule has 1 saturated heterocycles. The second-order valence-electron chi connectivity index (χ2n) is 9.19. The fourth-order valence-corrected chi connectivity index (χ4v) is 6.98. The van der Waals surface area contributed by atoms with Crippen LogP contribution in [0.15, 0.2) is 72.8 Å². The van der Waals surface area contributed by atoms with Crippen LogP contribution in [-0.4, -0.2) is 56.0 Å². The molecule has 1 aliphatic rings. The number of nitrogens with zero attached hydrogens (tertiary/aromatic N) is 1. The summed E-state index contributed by atoms with van der Waals surface area (Å²) >= 11 is 0. The zero-order valence-corrected chi connectivity index (χ0v) is 22.6. The number of ether oxygens (including phenoxy) is 1. The van der Waals surface area contributed by atoms with Crippen molar-refractivity contribution in [1.82, 2.24) is 15.1 Å². The van der Waals surface area contributed by atoms with Crippen molar-refractivity contribution in [3.05, 3.63) is 89.7 Å². The number of rotatable bonds is 10. The molecule has 3 aromatic rings. The van der Waals surface area contributed by atoms with Crippen LogP contribution in [0, 0.1) is 5.82 Å². The fraction of sp³-hybridized carbons (Fsp3) is 0.321. The molecule has 0 saturated carbocycles. The van der Waals surface area contributed by atoms with Crippen LogP contribution >= 0.6 is 0 Å². The standard InChI is InChI=1S/C28H32FN3O6S/c1-3-32(38-22-11-5-4-6-12-22)39(35,36)27(31-26(34)25-23(33)13-8-14-24(25)37-2)28(15-17-30-18-16-28)20-9-7-10-21(29)19-20/h4-14,19,27,30,33H,3,15-18H2,1-2H3,(H,31,34). The van der Waals surface area contributed by atoms with Gasteiger partial charge < -0.3 is 25.3 Å². The minimum atomic E-state index is -4.46. The Labute approximate surface area is 227 Å². The third-order valence-corrected chi connectivity index (χ3v) is 8.97. The summed E-state index contributed by atoms with van der Waals surface area (Å²) in [7, 11) is -3.12. The van der Waals surface area contributed by atoms with Crippen LogP contribution < -0.4 is 20.2 Å². The molecule has 3 aromatic carbocycles. The number of nitrogens with one attached hydrogen (secondary N) is 2. The number of carbonyl (C=O) groups excluding carboxylic acids is 1. The zero-order valence-electron chi connectivity index (χ0n) is 21.8. The Kier molecular flexibility index (Phi) is 8.73. The summed E-state index contributed by atoms with van der Waals surface area (Å²) in [6.45, 7) is 2.41. The molecule has 0 aromatic heterocycles. The zero-order chi connectivity index (χ0) is 28.0. The summed E-state index contributed by atoms with van der Waals surface area (Å²) in [5.41, 5.74) is -1.01. The molecule has 0 aliphatic carbocycles. The highest BCUT2D eigenvalue weighted by Crippen LogP contribution is 2.41. The van der Waals surface area contributed by atoms with Crippen molar-refractivity contribution in [2.24, 2.45) is 0 Å². The molecule has 0 spiro atoms. The van der Waals surface area contributed by atoms with E-state index in [4.69, 9.17) is 9.57 Å². The summed E-state index contributed by atoms with van der Waals surface area (Å²) in [6.07, 6.45) is 0.558. The molecule has 1 heterocycles. The molecule has 9 nitrogen and oxygen atoms in total. The van der Waals surface area contributed by atoms with Gasteiger partial charge in [-0.25, -0.2) is 12.8 Å². The largest absolute Gasteiger partial charge is 0.507 e. The molecule has 4 rings (SSSR count). The number of piperidine rings is 1. The number of hydrogen-bond donors (Lipinski definition) is 3. The number of amides is 1. The third-order valence-electron chi connectivity index (χ3n) is 6.90. The molecule has 1 aliphatic heterocycles. The topological polar surface area (TPSA) is 117 Å². The number of para-hydroxylation sites is 1. The van der Waals surface area contributed by atoms with E-state index in [1.54, 1.807) is 43.3 Å². The number of carbonyl (C=O) groups is 1. The minimum absolute atomic E-state index is 0.0685. The molecule has 208 valence electrons. The first-order chi connectivity index (χ1) is 18.7. The van der Waals surface area contributed by atoms with E-state index in [-0.39, 0.29) is 36.4 Å². The first-order valence-electron chi connectivity index (χ1n) is 12.6. The van der Waals surface area contributed by atoms with E-state index in [0.717, 1.165) is 4.47 Å². The summed E-state index contributed by atoms with van der Waals surface area (Å²) in [5.74, 6) is -1.39. The molecule has 1 atom stereocenters. The molecule has 0 radical (unpaired) electrons. The summed E-state index contributed by atoms with van der Waals surface area (Å²) in [4.78, 5) is 19.5. The average molecular weight is 558 g/mol. The second kappa shape index (κ2) is 12.0. The molecule has 3 N–H and O–H groups in total. The van der Waals surface area contributed by atoms with Crippen molar-refractivity contribution in [2.75, 3.05) is 26.7 Å². The number of halogens is 1. The highest BCUT2D eigenvalue weighted by atomic mass is 32.2. The van der Waals surface area contributed by atoms with Crippen LogP contribution in [0.5, 0.6) is 17.2 Å². The number of hydrogen-bond acceptors (Lipinski definition) is 7. The van der Waals surface area contributed by atoms with E-state index in [9.17, 15) is 22.7 Å². The van der Waals surface area contributed by atoms with Crippen LogP contribution in [0.3, 0.4) is 0 Å². The highest BCUT2D eigenvalue weighted by Gasteiger charge is 2.52. The quantitative estimate of drug-likeness (QED) is 0.326. The lowest BCUT2D eigenvalue weighted by atomic mass is 9.72. The summed E-state index contributed by atoms with van der Waals surface area (Å²) in [6, 6.07) is 18.5. The predicted molar refractivity (Wildman–Crippen MR) is 144 cm³/mol. The van der Waals surface area contributed by atoms with E-state index in [1.807, 2.05) is 0 Å². The minimum Gasteiger partial charge on any atom is -0.507 e. The number of hydroxylamine groups is 1. The van der Waals surface area contributed by atoms with E-state index in [1.165, 1.54) is 43.5 Å². The van der Waals surface area contributed by atoms with Crippen LogP contribution in [0.1, 0.15) is 35.7 Å². The number of methoxy groups -OCH3 is 1. The van der Waals surface area contributed by atoms with Gasteiger partial charge in [0.2, 0.25) is 0 Å². The Morgan fingerprint density at radius 3 is 2.44 bits per heavy atom. The van der Waals surface area contributed by atoms with E-state index in [2.05, 4.69) is 10.6 Å². The van der Waals surface area contributed by atoms with E-state index in [0.29, 0.717) is 24.4 Å². The number of sulfonamides is 1. The van der Waals surface area contributed by atoms with E-state index < -0.39 is 32.5 Å². The predicted octanol–water partition coefficient (Wildman–Crippen LogP) is 3.56. The van der Waals surface area contributed by atoms with Gasteiger partial charge in [-0.15, -0.1) is 0 Å². The van der Waals surface area contributed by atoms with Crippen molar-refractivity contribution in [2.45, 2.75) is 30.6 Å².